The molecule has 3 aromatic rings. The number of carbonyl (C=O) groups is 3. The van der Waals surface area contributed by atoms with Crippen molar-refractivity contribution >= 4 is 17.9 Å². The van der Waals surface area contributed by atoms with Crippen LogP contribution in [-0.2, 0) is 35.0 Å². The van der Waals surface area contributed by atoms with Gasteiger partial charge in [0.2, 0.25) is 0 Å². The average molecular weight is 629 g/mol. The lowest BCUT2D eigenvalue weighted by Gasteiger charge is -2.19. The summed E-state index contributed by atoms with van der Waals surface area (Å²) in [5.74, 6) is -0.652. The van der Waals surface area contributed by atoms with Gasteiger partial charge in [0.25, 0.3) is 0 Å². The Morgan fingerprint density at radius 2 is 1.26 bits per heavy atom. The molecule has 1 N–H and O–H groups in total. The number of ether oxygens (including phenoxy) is 5. The number of aryl methyl sites for hydroxylation is 1. The largest absolute Gasteiger partial charge is 0.489 e. The van der Waals surface area contributed by atoms with Gasteiger partial charge in [-0.1, -0.05) is 69.1 Å². The van der Waals surface area contributed by atoms with Gasteiger partial charge in [-0.25, -0.2) is 14.4 Å². The van der Waals surface area contributed by atoms with Gasteiger partial charge >= 0.3 is 17.9 Å². The van der Waals surface area contributed by atoms with Gasteiger partial charge in [0.1, 0.15) is 31.3 Å². The van der Waals surface area contributed by atoms with Gasteiger partial charge in [0.15, 0.2) is 6.29 Å². The van der Waals surface area contributed by atoms with Crippen molar-refractivity contribution in [2.45, 2.75) is 40.4 Å². The Morgan fingerprint density at radius 3 is 1.85 bits per heavy atom. The van der Waals surface area contributed by atoms with E-state index in [1.165, 1.54) is 0 Å². The van der Waals surface area contributed by atoms with Crippen LogP contribution >= 0.6 is 0 Å². The van der Waals surface area contributed by atoms with Crippen LogP contribution < -0.4 is 9.47 Å². The molecule has 0 aromatic heterocycles. The molecule has 242 valence electrons. The van der Waals surface area contributed by atoms with Crippen LogP contribution in [0.4, 0.5) is 0 Å². The Morgan fingerprint density at radius 1 is 0.696 bits per heavy atom. The Balaban J connectivity index is 1.86. The van der Waals surface area contributed by atoms with Crippen LogP contribution in [0.25, 0.3) is 22.3 Å². The number of benzene rings is 3. The number of aliphatic hydroxyl groups excluding tert-OH is 1. The zero-order chi connectivity index (χ0) is 33.8. The maximum Gasteiger partial charge on any atom is 0.338 e. The third-order valence-corrected chi connectivity index (χ3v) is 6.68. The van der Waals surface area contributed by atoms with E-state index in [1.807, 2.05) is 37.3 Å². The molecule has 0 radical (unpaired) electrons. The van der Waals surface area contributed by atoms with Crippen molar-refractivity contribution in [1.29, 1.82) is 0 Å². The predicted octanol–water partition coefficient (Wildman–Crippen LogP) is 6.69. The minimum absolute atomic E-state index is 0.000248. The van der Waals surface area contributed by atoms with Gasteiger partial charge in [-0.3, -0.25) is 0 Å². The molecule has 0 saturated heterocycles. The molecule has 0 aliphatic heterocycles. The first-order valence-electron chi connectivity index (χ1n) is 14.7. The van der Waals surface area contributed by atoms with Gasteiger partial charge in [0.05, 0.1) is 6.61 Å². The molecule has 0 aliphatic rings. The van der Waals surface area contributed by atoms with Crippen molar-refractivity contribution in [3.8, 4) is 33.8 Å². The second-order valence-corrected chi connectivity index (χ2v) is 10.6. The molecule has 9 nitrogen and oxygen atoms in total. The van der Waals surface area contributed by atoms with E-state index in [0.29, 0.717) is 29.1 Å². The van der Waals surface area contributed by atoms with Crippen LogP contribution in [-0.4, -0.2) is 49.4 Å². The molecule has 46 heavy (non-hydrogen) atoms. The average Bonchev–Trinajstić information content (AvgIpc) is 3.04. The summed E-state index contributed by atoms with van der Waals surface area (Å²) in [6, 6.07) is 18.5. The fourth-order valence-corrected chi connectivity index (χ4v) is 4.20. The van der Waals surface area contributed by atoms with E-state index < -0.39 is 24.2 Å². The molecule has 0 amide bonds. The van der Waals surface area contributed by atoms with E-state index in [4.69, 9.17) is 23.7 Å². The molecule has 3 rings (SSSR count). The van der Waals surface area contributed by atoms with E-state index in [1.54, 1.807) is 45.0 Å². The summed E-state index contributed by atoms with van der Waals surface area (Å²) in [4.78, 5) is 35.3. The summed E-state index contributed by atoms with van der Waals surface area (Å²) >= 11 is 0. The number of rotatable bonds is 16. The first-order valence-corrected chi connectivity index (χ1v) is 14.7. The molecule has 0 spiro atoms. The molecule has 0 aliphatic carbocycles. The lowest BCUT2D eigenvalue weighted by Crippen LogP contribution is -2.14. The van der Waals surface area contributed by atoms with E-state index in [0.717, 1.165) is 27.8 Å². The van der Waals surface area contributed by atoms with Crippen molar-refractivity contribution in [2.75, 3.05) is 26.4 Å². The molecule has 0 bridgehead atoms. The third-order valence-electron chi connectivity index (χ3n) is 6.68. The Kier molecular flexibility index (Phi) is 13.0. The van der Waals surface area contributed by atoms with Crippen molar-refractivity contribution in [1.82, 2.24) is 0 Å². The number of hydrogen-bond acceptors (Lipinski definition) is 9. The molecule has 0 heterocycles. The zero-order valence-electron chi connectivity index (χ0n) is 26.7. The Bertz CT molecular complexity index is 1600. The second kappa shape index (κ2) is 16.9. The fraction of sp³-hybridized carbons (Fsp3) is 0.270. The summed E-state index contributed by atoms with van der Waals surface area (Å²) in [5, 5.41) is 10.7. The quantitative estimate of drug-likeness (QED) is 0.0609. The molecule has 3 aromatic carbocycles. The summed E-state index contributed by atoms with van der Waals surface area (Å²) in [6.45, 7) is 17.4. The van der Waals surface area contributed by atoms with Crippen molar-refractivity contribution in [3.63, 3.8) is 0 Å². The minimum Gasteiger partial charge on any atom is -0.489 e. The number of hydrogen-bond donors (Lipinski definition) is 1. The van der Waals surface area contributed by atoms with E-state index in [-0.39, 0.29) is 37.6 Å². The highest BCUT2D eigenvalue weighted by Crippen LogP contribution is 2.37. The molecule has 1 atom stereocenters. The molecule has 1 unspecified atom stereocenters. The maximum absolute atomic E-state index is 11.9. The molecule has 0 saturated carbocycles. The second-order valence-electron chi connectivity index (χ2n) is 10.6. The highest BCUT2D eigenvalue weighted by atomic mass is 16.6. The molecule has 9 heteroatoms. The van der Waals surface area contributed by atoms with Gasteiger partial charge in [-0.2, -0.15) is 0 Å². The third kappa shape index (κ3) is 10.0. The summed E-state index contributed by atoms with van der Waals surface area (Å²) < 4.78 is 27.1. The van der Waals surface area contributed by atoms with Gasteiger partial charge < -0.3 is 28.8 Å². The number of aliphatic hydroxyl groups is 1. The summed E-state index contributed by atoms with van der Waals surface area (Å²) in [6.07, 6.45) is -0.601. The van der Waals surface area contributed by atoms with Crippen molar-refractivity contribution in [2.24, 2.45) is 0 Å². The lowest BCUT2D eigenvalue weighted by atomic mass is 9.92. The maximum atomic E-state index is 11.9. The molecular formula is C37H40O9. The van der Waals surface area contributed by atoms with Crippen LogP contribution in [0.3, 0.4) is 0 Å². The highest BCUT2D eigenvalue weighted by Gasteiger charge is 2.17. The smallest absolute Gasteiger partial charge is 0.338 e. The van der Waals surface area contributed by atoms with E-state index >= 15 is 0 Å². The van der Waals surface area contributed by atoms with Crippen LogP contribution in [0, 0.1) is 0 Å². The van der Waals surface area contributed by atoms with Gasteiger partial charge in [-0.15, -0.1) is 0 Å². The van der Waals surface area contributed by atoms with E-state index in [9.17, 15) is 19.5 Å². The SMILES string of the molecule is C=C(C)C(=O)OCCOc1cc(C(O)OCCOC(=O)C(=C)C)ccc1-c1ccc(-c2ccc(OC(=O)C(=C)C)cc2)cc1CC. The first kappa shape index (κ1) is 35.5. The topological polar surface area (TPSA) is 118 Å². The minimum atomic E-state index is -1.31. The zero-order valence-corrected chi connectivity index (χ0v) is 26.7. The van der Waals surface area contributed by atoms with Crippen LogP contribution in [0.15, 0.2) is 97.1 Å². The predicted molar refractivity (Wildman–Crippen MR) is 175 cm³/mol. The van der Waals surface area contributed by atoms with Crippen molar-refractivity contribution < 1.29 is 43.2 Å². The summed E-state index contributed by atoms with van der Waals surface area (Å²) in [7, 11) is 0. The lowest BCUT2D eigenvalue weighted by molar-refractivity contribution is -0.147. The Hall–Kier alpha value is -4.99. The van der Waals surface area contributed by atoms with Crippen molar-refractivity contribution in [3.05, 3.63) is 108 Å². The van der Waals surface area contributed by atoms with Crippen LogP contribution in [0.2, 0.25) is 0 Å². The number of carbonyl (C=O) groups excluding carboxylic acids is 3. The number of esters is 3. The van der Waals surface area contributed by atoms with E-state index in [2.05, 4.69) is 25.8 Å². The summed E-state index contributed by atoms with van der Waals surface area (Å²) in [5.41, 5.74) is 5.93. The van der Waals surface area contributed by atoms with Crippen LogP contribution in [0.5, 0.6) is 11.5 Å². The standard InChI is InChI=1S/C37H40O9/c1-8-26-21-28(27-9-13-30(14-10-27)46-36(40)25(6)7)11-15-31(26)32-16-12-29(37(41)45-20-19-44-35(39)24(4)5)22-33(32)42-17-18-43-34(38)23(2)3/h9-16,21-22,37,41H,2,4,6,8,17-20H2,1,3,5,7H3. The molecular weight excluding hydrogens is 588 g/mol. The fourth-order valence-electron chi connectivity index (χ4n) is 4.20. The Labute approximate surface area is 269 Å². The van der Waals surface area contributed by atoms with Crippen LogP contribution in [0.1, 0.15) is 45.1 Å². The van der Waals surface area contributed by atoms with Gasteiger partial charge in [-0.05, 0) is 67.6 Å². The highest BCUT2D eigenvalue weighted by molar-refractivity contribution is 5.89. The molecule has 0 fully saturated rings. The monoisotopic (exact) mass is 628 g/mol. The normalized spacial score (nSPS) is 11.2. The van der Waals surface area contributed by atoms with Gasteiger partial charge in [0, 0.05) is 27.8 Å². The first-order chi connectivity index (χ1) is 21.9.